The lowest BCUT2D eigenvalue weighted by Gasteiger charge is -2.28. The summed E-state index contributed by atoms with van der Waals surface area (Å²) < 4.78 is 44.5. The van der Waals surface area contributed by atoms with Gasteiger partial charge in [0.05, 0.1) is 30.1 Å². The lowest BCUT2D eigenvalue weighted by atomic mass is 9.86. The predicted molar refractivity (Wildman–Crippen MR) is 156 cm³/mol. The number of hydrogen-bond acceptors (Lipinski definition) is 5. The molecule has 5 aromatic rings. The summed E-state index contributed by atoms with van der Waals surface area (Å²) in [4.78, 5) is 1.44. The van der Waals surface area contributed by atoms with Crippen molar-refractivity contribution in [2.45, 2.75) is 56.5 Å². The summed E-state index contributed by atoms with van der Waals surface area (Å²) in [6.07, 6.45) is 4.80. The summed E-state index contributed by atoms with van der Waals surface area (Å²) in [5.74, 6) is -0.137. The van der Waals surface area contributed by atoms with E-state index in [2.05, 4.69) is 46.5 Å². The van der Waals surface area contributed by atoms with Crippen molar-refractivity contribution in [1.29, 1.82) is 0 Å². The zero-order valence-electron chi connectivity index (χ0n) is 23.4. The topological polar surface area (TPSA) is 85.9 Å². The van der Waals surface area contributed by atoms with Gasteiger partial charge >= 0.3 is 0 Å². The van der Waals surface area contributed by atoms with Crippen molar-refractivity contribution in [1.82, 2.24) is 29.1 Å². The number of fused-ring (bicyclic) bond motifs is 1. The van der Waals surface area contributed by atoms with Gasteiger partial charge in [-0.3, -0.25) is 0 Å². The average molecular weight is 573 g/mol. The van der Waals surface area contributed by atoms with E-state index in [1.54, 1.807) is 16.4 Å². The molecule has 0 bridgehead atoms. The monoisotopic (exact) mass is 572 g/mol. The second-order valence-electron chi connectivity index (χ2n) is 10.8. The van der Waals surface area contributed by atoms with Gasteiger partial charge in [-0.1, -0.05) is 44.2 Å². The minimum Gasteiger partial charge on any atom is -0.233 e. The van der Waals surface area contributed by atoms with Gasteiger partial charge in [0, 0.05) is 23.9 Å². The third-order valence-corrected chi connectivity index (χ3v) is 9.94. The van der Waals surface area contributed by atoms with Crippen molar-refractivity contribution >= 4 is 20.9 Å². The number of sulfonamides is 1. The molecule has 0 radical (unpaired) electrons. The Morgan fingerprint density at radius 2 is 1.78 bits per heavy atom. The average Bonchev–Trinajstić information content (AvgIpc) is 3.26. The molecule has 0 spiro atoms. The summed E-state index contributed by atoms with van der Waals surface area (Å²) in [6, 6.07) is 20.8. The van der Waals surface area contributed by atoms with Crippen LogP contribution in [-0.4, -0.2) is 50.6 Å². The largest absolute Gasteiger partial charge is 0.264 e. The molecule has 1 saturated carbocycles. The van der Waals surface area contributed by atoms with Crippen LogP contribution in [0.3, 0.4) is 0 Å². The highest BCUT2D eigenvalue weighted by Gasteiger charge is 2.58. The van der Waals surface area contributed by atoms with Crippen molar-refractivity contribution in [2.24, 2.45) is 0 Å². The van der Waals surface area contributed by atoms with Crippen molar-refractivity contribution in [2.75, 3.05) is 13.1 Å². The van der Waals surface area contributed by atoms with Crippen LogP contribution in [0.25, 0.3) is 16.6 Å². The zero-order chi connectivity index (χ0) is 28.8. The van der Waals surface area contributed by atoms with E-state index in [0.29, 0.717) is 19.6 Å². The fourth-order valence-electron chi connectivity index (χ4n) is 6.01. The molecule has 6 rings (SSSR count). The number of halogens is 1. The Labute approximate surface area is 239 Å². The number of rotatable bonds is 10. The first-order valence-electron chi connectivity index (χ1n) is 14.0. The Morgan fingerprint density at radius 3 is 2.49 bits per heavy atom. The van der Waals surface area contributed by atoms with Gasteiger partial charge in [0.1, 0.15) is 5.82 Å². The van der Waals surface area contributed by atoms with E-state index in [0.717, 1.165) is 40.6 Å². The molecule has 0 N–H and O–H groups in total. The highest BCUT2D eigenvalue weighted by Crippen LogP contribution is 2.62. The van der Waals surface area contributed by atoms with Crippen LogP contribution in [0.2, 0.25) is 0 Å². The molecule has 1 aliphatic rings. The lowest BCUT2D eigenvalue weighted by molar-refractivity contribution is 0.381. The zero-order valence-corrected chi connectivity index (χ0v) is 24.2. The molecule has 41 heavy (non-hydrogen) atoms. The van der Waals surface area contributed by atoms with Crippen LogP contribution < -0.4 is 0 Å². The van der Waals surface area contributed by atoms with Gasteiger partial charge in [-0.2, -0.15) is 19.3 Å². The molecular formula is C31H33FN6O2S. The van der Waals surface area contributed by atoms with Crippen LogP contribution in [0, 0.1) is 12.7 Å². The fourth-order valence-corrected chi connectivity index (χ4v) is 7.39. The number of benzene rings is 3. The maximum Gasteiger partial charge on any atom is 0.264 e. The third-order valence-electron chi connectivity index (χ3n) is 8.15. The maximum absolute atomic E-state index is 13.8. The molecule has 3 aromatic carbocycles. The second-order valence-corrected chi connectivity index (χ2v) is 12.7. The number of aryl methyl sites for hydroxylation is 2. The molecule has 1 aliphatic carbocycles. The molecular weight excluding hydrogens is 539 g/mol. The van der Waals surface area contributed by atoms with Crippen molar-refractivity contribution in [3.63, 3.8) is 0 Å². The van der Waals surface area contributed by atoms with Gasteiger partial charge in [0.2, 0.25) is 5.03 Å². The van der Waals surface area contributed by atoms with Crippen LogP contribution in [0.4, 0.5) is 4.39 Å². The normalized spacial score (nSPS) is 18.8. The van der Waals surface area contributed by atoms with E-state index in [1.807, 2.05) is 42.9 Å². The van der Waals surface area contributed by atoms with Crippen LogP contribution in [0.1, 0.15) is 49.3 Å². The minimum atomic E-state index is -3.85. The Balaban J connectivity index is 1.42. The summed E-state index contributed by atoms with van der Waals surface area (Å²) in [7, 11) is -3.85. The van der Waals surface area contributed by atoms with Gasteiger partial charge in [-0.15, -0.1) is 5.10 Å². The lowest BCUT2D eigenvalue weighted by Crippen LogP contribution is -2.38. The smallest absolute Gasteiger partial charge is 0.233 e. The Morgan fingerprint density at radius 1 is 1.02 bits per heavy atom. The summed E-state index contributed by atoms with van der Waals surface area (Å²) in [5, 5.41) is 14.0. The first-order valence-corrected chi connectivity index (χ1v) is 15.4. The first-order chi connectivity index (χ1) is 19.8. The molecule has 2 heterocycles. The highest BCUT2D eigenvalue weighted by molar-refractivity contribution is 7.89. The van der Waals surface area contributed by atoms with Gasteiger partial charge in [-0.25, -0.2) is 17.5 Å². The number of likely N-dealkylation sites (N-methyl/N-ethyl adjacent to an activating group) is 1. The van der Waals surface area contributed by atoms with Crippen LogP contribution in [-0.2, 0) is 22.0 Å². The predicted octanol–water partition coefficient (Wildman–Crippen LogP) is 5.61. The van der Waals surface area contributed by atoms with Crippen molar-refractivity contribution < 1.29 is 12.8 Å². The van der Waals surface area contributed by atoms with E-state index in [-0.39, 0.29) is 16.8 Å². The van der Waals surface area contributed by atoms with E-state index in [4.69, 9.17) is 0 Å². The van der Waals surface area contributed by atoms with E-state index in [9.17, 15) is 12.8 Å². The van der Waals surface area contributed by atoms with Gasteiger partial charge < -0.3 is 0 Å². The quantitative estimate of drug-likeness (QED) is 0.217. The SMILES string of the molecule is CCCn1ncc(S(=O)(=O)N(CC)C[C@]2(c3cc4cnn(-c5ccc(F)cc5)c4cc3C)C[C@H]2c2ccccc2)n1. The van der Waals surface area contributed by atoms with Gasteiger partial charge in [0.25, 0.3) is 10.0 Å². The number of nitrogens with zero attached hydrogens (tertiary/aromatic N) is 6. The van der Waals surface area contributed by atoms with Crippen LogP contribution >= 0.6 is 0 Å². The van der Waals surface area contributed by atoms with Crippen molar-refractivity contribution in [3.05, 3.63) is 102 Å². The van der Waals surface area contributed by atoms with E-state index >= 15 is 0 Å². The highest BCUT2D eigenvalue weighted by atomic mass is 32.2. The fraction of sp³-hybridized carbons (Fsp3) is 0.323. The molecule has 212 valence electrons. The second kappa shape index (κ2) is 10.5. The molecule has 8 nitrogen and oxygen atoms in total. The van der Waals surface area contributed by atoms with Crippen molar-refractivity contribution in [3.8, 4) is 5.69 Å². The minimum absolute atomic E-state index is 0.0207. The molecule has 0 aliphatic heterocycles. The van der Waals surface area contributed by atoms with Gasteiger partial charge in [-0.05, 0) is 78.8 Å². The number of hydrogen-bond donors (Lipinski definition) is 0. The Kier molecular flexibility index (Phi) is 6.99. The molecule has 1 fully saturated rings. The van der Waals surface area contributed by atoms with Gasteiger partial charge in [0.15, 0.2) is 0 Å². The molecule has 10 heteroatoms. The molecule has 0 unspecified atom stereocenters. The Bertz CT molecular complexity index is 1800. The Hall–Kier alpha value is -3.89. The summed E-state index contributed by atoms with van der Waals surface area (Å²) in [5.41, 5.74) is 4.63. The summed E-state index contributed by atoms with van der Waals surface area (Å²) >= 11 is 0. The first kappa shape index (κ1) is 27.3. The molecule has 0 amide bonds. The summed E-state index contributed by atoms with van der Waals surface area (Å²) in [6.45, 7) is 7.14. The van der Waals surface area contributed by atoms with E-state index in [1.165, 1.54) is 28.7 Å². The maximum atomic E-state index is 13.8. The third kappa shape index (κ3) is 4.85. The molecule has 0 saturated heterocycles. The van der Waals surface area contributed by atoms with Crippen LogP contribution in [0.15, 0.2) is 84.1 Å². The van der Waals surface area contributed by atoms with E-state index < -0.39 is 15.4 Å². The number of aromatic nitrogens is 5. The molecule has 2 aromatic heterocycles. The molecule has 2 atom stereocenters. The van der Waals surface area contributed by atoms with Crippen LogP contribution in [0.5, 0.6) is 0 Å². The standard InChI is InChI=1S/C31H33FN6O2S/c1-4-15-37-33-20-30(35-37)41(39,40)36(5-2)21-31(18-28(31)23-9-7-6-8-10-23)27-17-24-19-34-38(29(24)16-22(27)3)26-13-11-25(32)12-14-26/h6-14,16-17,19-20,28H,4-5,15,18,21H2,1-3H3/t28-,31-/m0/s1.